The molecule has 0 bridgehead atoms. The highest BCUT2D eigenvalue weighted by atomic mass is 32.2. The smallest absolute Gasteiger partial charge is 0.338 e. The van der Waals surface area contributed by atoms with Gasteiger partial charge in [-0.1, -0.05) is 6.07 Å². The van der Waals surface area contributed by atoms with Crippen molar-refractivity contribution in [3.05, 3.63) is 57.1 Å². The molecule has 24 heavy (non-hydrogen) atoms. The van der Waals surface area contributed by atoms with E-state index in [-0.39, 0.29) is 11.2 Å². The fourth-order valence-corrected chi connectivity index (χ4v) is 3.49. The predicted molar refractivity (Wildman–Crippen MR) is 97.9 cm³/mol. The van der Waals surface area contributed by atoms with Gasteiger partial charge in [-0.25, -0.2) is 9.79 Å². The molecule has 0 unspecified atom stereocenters. The number of rotatable bonds is 4. The molecule has 2 aromatic rings. The van der Waals surface area contributed by atoms with E-state index in [1.165, 1.54) is 0 Å². The Morgan fingerprint density at radius 3 is 2.75 bits per heavy atom. The lowest BCUT2D eigenvalue weighted by Crippen LogP contribution is -2.18. The molecular weight excluding hydrogens is 344 g/mol. The van der Waals surface area contributed by atoms with Gasteiger partial charge in [-0.2, -0.15) is 0 Å². The van der Waals surface area contributed by atoms with Gasteiger partial charge < -0.3 is 10.1 Å². The van der Waals surface area contributed by atoms with Gasteiger partial charge in [0.2, 0.25) is 0 Å². The summed E-state index contributed by atoms with van der Waals surface area (Å²) in [7, 11) is 0. The first-order valence-corrected chi connectivity index (χ1v) is 8.95. The van der Waals surface area contributed by atoms with Crippen LogP contribution < -0.4 is 5.32 Å². The largest absolute Gasteiger partial charge is 0.462 e. The minimum Gasteiger partial charge on any atom is -0.462 e. The standard InChI is InChI=1S/C17H14N2O3S2/c1-2-22-16(20)11-5-7-12(8-6-11)18-15-14(24-17(21)19-15)10-13-4-3-9-23-13/h3-10H,2H2,1H3,(H,18,19,21)/b14-10-. The van der Waals surface area contributed by atoms with E-state index in [1.807, 2.05) is 23.6 Å². The first-order chi connectivity index (χ1) is 11.7. The van der Waals surface area contributed by atoms with Crippen molar-refractivity contribution in [3.63, 3.8) is 0 Å². The Bertz CT molecular complexity index is 809. The maximum absolute atomic E-state index is 11.7. The van der Waals surface area contributed by atoms with Crippen molar-refractivity contribution in [1.29, 1.82) is 0 Å². The molecule has 2 heterocycles. The van der Waals surface area contributed by atoms with Crippen LogP contribution in [0.15, 0.2) is 51.7 Å². The number of nitrogens with one attached hydrogen (secondary N) is 1. The quantitative estimate of drug-likeness (QED) is 0.820. The lowest BCUT2D eigenvalue weighted by Gasteiger charge is -2.02. The Morgan fingerprint density at radius 2 is 2.08 bits per heavy atom. The van der Waals surface area contributed by atoms with Crippen molar-refractivity contribution in [3.8, 4) is 0 Å². The Kier molecular flexibility index (Phi) is 5.12. The number of hydrogen-bond donors (Lipinski definition) is 1. The molecule has 0 aliphatic carbocycles. The Morgan fingerprint density at radius 1 is 1.29 bits per heavy atom. The Labute approximate surface area is 147 Å². The molecule has 0 spiro atoms. The molecule has 3 rings (SSSR count). The van der Waals surface area contributed by atoms with Gasteiger partial charge >= 0.3 is 5.97 Å². The number of benzene rings is 1. The number of thioether (sulfide) groups is 1. The van der Waals surface area contributed by atoms with Crippen LogP contribution in [0, 0.1) is 0 Å². The molecule has 1 amide bonds. The number of amidine groups is 1. The summed E-state index contributed by atoms with van der Waals surface area (Å²) in [5, 5.41) is 4.57. The summed E-state index contributed by atoms with van der Waals surface area (Å²) in [6.45, 7) is 2.10. The van der Waals surface area contributed by atoms with Gasteiger partial charge in [0.1, 0.15) is 5.84 Å². The van der Waals surface area contributed by atoms with Crippen molar-refractivity contribution in [1.82, 2.24) is 5.32 Å². The predicted octanol–water partition coefficient (Wildman–Crippen LogP) is 4.45. The molecule has 1 aliphatic rings. The van der Waals surface area contributed by atoms with Crippen LogP contribution in [-0.2, 0) is 4.74 Å². The second-order valence-electron chi connectivity index (χ2n) is 4.77. The average molecular weight is 358 g/mol. The summed E-state index contributed by atoms with van der Waals surface area (Å²) < 4.78 is 4.95. The van der Waals surface area contributed by atoms with Crippen LogP contribution in [0.1, 0.15) is 22.2 Å². The van der Waals surface area contributed by atoms with E-state index < -0.39 is 0 Å². The van der Waals surface area contributed by atoms with Crippen molar-refractivity contribution >= 4 is 51.9 Å². The van der Waals surface area contributed by atoms with Gasteiger partial charge in [0.05, 0.1) is 22.8 Å². The van der Waals surface area contributed by atoms with Crippen LogP contribution in [-0.4, -0.2) is 23.7 Å². The van der Waals surface area contributed by atoms with Crippen molar-refractivity contribution in [2.24, 2.45) is 4.99 Å². The first kappa shape index (κ1) is 16.5. The zero-order valence-corrected chi connectivity index (χ0v) is 14.4. The van der Waals surface area contributed by atoms with E-state index in [9.17, 15) is 9.59 Å². The van der Waals surface area contributed by atoms with Crippen LogP contribution in [0.25, 0.3) is 6.08 Å². The lowest BCUT2D eigenvalue weighted by atomic mass is 10.2. The number of esters is 1. The molecule has 0 atom stereocenters. The number of carbonyl (C=O) groups excluding carboxylic acids is 2. The van der Waals surface area contributed by atoms with Crippen LogP contribution >= 0.6 is 23.1 Å². The zero-order valence-electron chi connectivity index (χ0n) is 12.8. The van der Waals surface area contributed by atoms with E-state index >= 15 is 0 Å². The highest BCUT2D eigenvalue weighted by molar-refractivity contribution is 8.18. The normalized spacial score (nSPS) is 17.3. The number of hydrogen-bond acceptors (Lipinski definition) is 6. The minimum absolute atomic E-state index is 0.153. The molecule has 7 heteroatoms. The van der Waals surface area contributed by atoms with E-state index in [0.29, 0.717) is 23.7 Å². The average Bonchev–Trinajstić information content (AvgIpc) is 3.19. The molecule has 1 aromatic carbocycles. The number of ether oxygens (including phenoxy) is 1. The van der Waals surface area contributed by atoms with Gasteiger partial charge in [-0.3, -0.25) is 4.79 Å². The fraction of sp³-hybridized carbons (Fsp3) is 0.118. The molecule has 1 aliphatic heterocycles. The number of nitrogens with zero attached hydrogens (tertiary/aromatic N) is 1. The second kappa shape index (κ2) is 7.46. The van der Waals surface area contributed by atoms with Crippen molar-refractivity contribution in [2.75, 3.05) is 6.61 Å². The fourth-order valence-electron chi connectivity index (χ4n) is 2.03. The van der Waals surface area contributed by atoms with E-state index in [1.54, 1.807) is 42.5 Å². The Balaban J connectivity index is 1.83. The van der Waals surface area contributed by atoms with Crippen molar-refractivity contribution < 1.29 is 14.3 Å². The van der Waals surface area contributed by atoms with Crippen LogP contribution in [0.2, 0.25) is 0 Å². The maximum atomic E-state index is 11.7. The summed E-state index contributed by atoms with van der Waals surface area (Å²) >= 11 is 2.71. The van der Waals surface area contributed by atoms with Gasteiger partial charge in [-0.05, 0) is 60.5 Å². The SMILES string of the molecule is CCOC(=O)c1ccc(N=C2NC(=O)S/C2=C\c2cccs2)cc1. The summed E-state index contributed by atoms with van der Waals surface area (Å²) in [5.74, 6) is 0.155. The molecule has 1 saturated heterocycles. The summed E-state index contributed by atoms with van der Waals surface area (Å²) in [5.41, 5.74) is 1.12. The van der Waals surface area contributed by atoms with Crippen LogP contribution in [0.5, 0.6) is 0 Å². The van der Waals surface area contributed by atoms with Crippen LogP contribution in [0.3, 0.4) is 0 Å². The molecule has 122 valence electrons. The summed E-state index contributed by atoms with van der Waals surface area (Å²) in [6, 6.07) is 10.7. The van der Waals surface area contributed by atoms with Gasteiger partial charge in [0.15, 0.2) is 0 Å². The molecule has 1 aromatic heterocycles. The van der Waals surface area contributed by atoms with Crippen molar-refractivity contribution in [2.45, 2.75) is 6.92 Å². The van der Waals surface area contributed by atoms with Crippen LogP contribution in [0.4, 0.5) is 10.5 Å². The number of carbonyl (C=O) groups is 2. The Hall–Kier alpha value is -2.38. The first-order valence-electron chi connectivity index (χ1n) is 7.26. The zero-order chi connectivity index (χ0) is 16.9. The summed E-state index contributed by atoms with van der Waals surface area (Å²) in [4.78, 5) is 29.6. The highest BCUT2D eigenvalue weighted by Gasteiger charge is 2.23. The van der Waals surface area contributed by atoms with Gasteiger partial charge in [0, 0.05) is 4.88 Å². The number of thiophene rings is 1. The molecular formula is C17H14N2O3S2. The molecule has 1 fully saturated rings. The molecule has 1 N–H and O–H groups in total. The highest BCUT2D eigenvalue weighted by Crippen LogP contribution is 2.29. The summed E-state index contributed by atoms with van der Waals surface area (Å²) in [6.07, 6.45) is 1.93. The van der Waals surface area contributed by atoms with Gasteiger partial charge in [-0.15, -0.1) is 11.3 Å². The number of amides is 1. The molecule has 5 nitrogen and oxygen atoms in total. The monoisotopic (exact) mass is 358 g/mol. The third kappa shape index (κ3) is 3.93. The lowest BCUT2D eigenvalue weighted by molar-refractivity contribution is 0.0526. The molecule has 0 radical (unpaired) electrons. The maximum Gasteiger partial charge on any atom is 0.338 e. The van der Waals surface area contributed by atoms with E-state index in [0.717, 1.165) is 21.5 Å². The third-order valence-electron chi connectivity index (χ3n) is 3.09. The topological polar surface area (TPSA) is 67.8 Å². The second-order valence-corrected chi connectivity index (χ2v) is 6.76. The third-order valence-corrected chi connectivity index (χ3v) is 4.73. The van der Waals surface area contributed by atoms with E-state index in [4.69, 9.17) is 4.74 Å². The molecule has 0 saturated carbocycles. The van der Waals surface area contributed by atoms with E-state index in [2.05, 4.69) is 10.3 Å². The number of aliphatic imine (C=N–C) groups is 1. The van der Waals surface area contributed by atoms with Gasteiger partial charge in [0.25, 0.3) is 5.24 Å². The minimum atomic E-state index is -0.361.